The molecule has 1 aliphatic heterocycles. The number of aliphatic hydroxyl groups excluding tert-OH is 1. The van der Waals surface area contributed by atoms with Gasteiger partial charge in [0.25, 0.3) is 0 Å². The molecular formula is C18H26O2. The van der Waals surface area contributed by atoms with Crippen LogP contribution in [0.4, 0.5) is 0 Å². The maximum absolute atomic E-state index is 10.5. The lowest BCUT2D eigenvalue weighted by Crippen LogP contribution is -2.52. The second-order valence-electron chi connectivity index (χ2n) is 8.40. The van der Waals surface area contributed by atoms with Gasteiger partial charge in [-0.15, -0.1) is 0 Å². The Morgan fingerprint density at radius 1 is 1.00 bits per heavy atom. The lowest BCUT2D eigenvalue weighted by Gasteiger charge is -2.54. The average molecular weight is 274 g/mol. The fourth-order valence-corrected chi connectivity index (χ4v) is 5.03. The lowest BCUT2D eigenvalue weighted by molar-refractivity contribution is -0.104. The van der Waals surface area contributed by atoms with Crippen LogP contribution in [0.25, 0.3) is 0 Å². The van der Waals surface area contributed by atoms with Gasteiger partial charge in [0, 0.05) is 12.0 Å². The van der Waals surface area contributed by atoms with Gasteiger partial charge < -0.3 is 9.84 Å². The molecule has 1 N–H and O–H groups in total. The number of fused-ring (bicyclic) bond motifs is 1. The molecule has 0 radical (unpaired) electrons. The molecule has 2 heteroatoms. The first-order valence-corrected chi connectivity index (χ1v) is 7.67. The average Bonchev–Trinajstić information content (AvgIpc) is 2.23. The SMILES string of the molecule is CC1(C)CC(C)(C)CC2(C[C@@H](O)c3ccccc3O2)C1. The third-order valence-electron chi connectivity index (χ3n) is 4.73. The van der Waals surface area contributed by atoms with Crippen LogP contribution in [0.15, 0.2) is 24.3 Å². The van der Waals surface area contributed by atoms with E-state index in [-0.39, 0.29) is 16.4 Å². The van der Waals surface area contributed by atoms with Gasteiger partial charge in [0.15, 0.2) is 0 Å². The van der Waals surface area contributed by atoms with Gasteiger partial charge in [-0.25, -0.2) is 0 Å². The van der Waals surface area contributed by atoms with E-state index in [1.165, 1.54) is 6.42 Å². The van der Waals surface area contributed by atoms with Gasteiger partial charge in [0.2, 0.25) is 0 Å². The molecule has 1 spiro atoms. The first-order valence-electron chi connectivity index (χ1n) is 7.67. The Labute approximate surface area is 122 Å². The Bertz CT molecular complexity index is 500. The summed E-state index contributed by atoms with van der Waals surface area (Å²) in [5.74, 6) is 0.875. The number of para-hydroxylation sites is 1. The maximum Gasteiger partial charge on any atom is 0.125 e. The zero-order valence-electron chi connectivity index (χ0n) is 13.1. The summed E-state index contributed by atoms with van der Waals surface area (Å²) in [6, 6.07) is 7.93. The quantitative estimate of drug-likeness (QED) is 0.756. The Hall–Kier alpha value is -1.02. The largest absolute Gasteiger partial charge is 0.487 e. The molecule has 3 rings (SSSR count). The van der Waals surface area contributed by atoms with Crippen molar-refractivity contribution in [3.63, 3.8) is 0 Å². The molecule has 20 heavy (non-hydrogen) atoms. The van der Waals surface area contributed by atoms with Crippen molar-refractivity contribution in [2.45, 2.75) is 65.1 Å². The summed E-state index contributed by atoms with van der Waals surface area (Å²) in [4.78, 5) is 0. The monoisotopic (exact) mass is 274 g/mol. The highest BCUT2D eigenvalue weighted by atomic mass is 16.5. The van der Waals surface area contributed by atoms with Crippen LogP contribution in [-0.4, -0.2) is 10.7 Å². The van der Waals surface area contributed by atoms with Crippen molar-refractivity contribution in [3.05, 3.63) is 29.8 Å². The van der Waals surface area contributed by atoms with Crippen molar-refractivity contribution in [2.75, 3.05) is 0 Å². The molecule has 1 aromatic carbocycles. The van der Waals surface area contributed by atoms with Crippen LogP contribution in [-0.2, 0) is 0 Å². The van der Waals surface area contributed by atoms with Gasteiger partial charge in [0.05, 0.1) is 6.10 Å². The van der Waals surface area contributed by atoms with Crippen LogP contribution >= 0.6 is 0 Å². The zero-order chi connectivity index (χ0) is 14.6. The summed E-state index contributed by atoms with van der Waals surface area (Å²) < 4.78 is 6.44. The Kier molecular flexibility index (Phi) is 2.95. The highest BCUT2D eigenvalue weighted by molar-refractivity contribution is 5.38. The van der Waals surface area contributed by atoms with Gasteiger partial charge in [-0.2, -0.15) is 0 Å². The molecule has 1 atom stereocenters. The van der Waals surface area contributed by atoms with Crippen LogP contribution in [0, 0.1) is 10.8 Å². The number of ether oxygens (including phenoxy) is 1. The smallest absolute Gasteiger partial charge is 0.125 e. The van der Waals surface area contributed by atoms with E-state index in [1.54, 1.807) is 0 Å². The normalized spacial score (nSPS) is 29.6. The molecule has 1 aromatic rings. The molecule has 1 heterocycles. The molecule has 110 valence electrons. The zero-order valence-corrected chi connectivity index (χ0v) is 13.1. The Morgan fingerprint density at radius 3 is 2.25 bits per heavy atom. The fourth-order valence-electron chi connectivity index (χ4n) is 5.03. The summed E-state index contributed by atoms with van der Waals surface area (Å²) in [5, 5.41) is 10.5. The summed E-state index contributed by atoms with van der Waals surface area (Å²) >= 11 is 0. The van der Waals surface area contributed by atoms with Gasteiger partial charge in [-0.05, 0) is 36.2 Å². The fraction of sp³-hybridized carbons (Fsp3) is 0.667. The van der Waals surface area contributed by atoms with Crippen molar-refractivity contribution in [3.8, 4) is 5.75 Å². The maximum atomic E-state index is 10.5. The highest BCUT2D eigenvalue weighted by Crippen LogP contribution is 2.56. The van der Waals surface area contributed by atoms with E-state index < -0.39 is 6.10 Å². The van der Waals surface area contributed by atoms with E-state index >= 15 is 0 Å². The number of aliphatic hydroxyl groups is 1. The minimum atomic E-state index is -0.398. The van der Waals surface area contributed by atoms with Crippen LogP contribution in [0.3, 0.4) is 0 Å². The second-order valence-corrected chi connectivity index (χ2v) is 8.40. The Balaban J connectivity index is 1.98. The highest BCUT2D eigenvalue weighted by Gasteiger charge is 2.51. The van der Waals surface area contributed by atoms with E-state index in [9.17, 15) is 5.11 Å². The van der Waals surface area contributed by atoms with E-state index in [1.807, 2.05) is 24.3 Å². The van der Waals surface area contributed by atoms with Crippen LogP contribution in [0.5, 0.6) is 5.75 Å². The molecule has 0 amide bonds. The van der Waals surface area contributed by atoms with Gasteiger partial charge in [0.1, 0.15) is 11.4 Å². The second kappa shape index (κ2) is 4.24. The molecule has 0 bridgehead atoms. The molecule has 2 aliphatic rings. The number of rotatable bonds is 0. The standard InChI is InChI=1S/C18H26O2/c1-16(2)10-17(3,4)12-18(11-16)9-14(19)13-7-5-6-8-15(13)20-18/h5-8,14,19H,9-12H2,1-4H3/t14-/m1/s1. The molecule has 0 aromatic heterocycles. The predicted octanol–water partition coefficient (Wildman–Crippen LogP) is 4.48. The summed E-state index contributed by atoms with van der Waals surface area (Å²) in [7, 11) is 0. The lowest BCUT2D eigenvalue weighted by atomic mass is 9.58. The molecule has 0 unspecified atom stereocenters. The number of hydrogen-bond acceptors (Lipinski definition) is 2. The molecule has 0 saturated heterocycles. The van der Waals surface area contributed by atoms with E-state index in [2.05, 4.69) is 27.7 Å². The van der Waals surface area contributed by atoms with E-state index in [0.717, 1.165) is 30.6 Å². The number of hydrogen-bond donors (Lipinski definition) is 1. The first-order chi connectivity index (χ1) is 9.21. The van der Waals surface area contributed by atoms with E-state index in [4.69, 9.17) is 4.74 Å². The third-order valence-corrected chi connectivity index (χ3v) is 4.73. The van der Waals surface area contributed by atoms with Crippen LogP contribution in [0.1, 0.15) is 65.0 Å². The van der Waals surface area contributed by atoms with Crippen LogP contribution in [0.2, 0.25) is 0 Å². The first kappa shape index (κ1) is 13.9. The predicted molar refractivity (Wildman–Crippen MR) is 80.8 cm³/mol. The molecule has 1 aliphatic carbocycles. The van der Waals surface area contributed by atoms with Crippen molar-refractivity contribution >= 4 is 0 Å². The van der Waals surface area contributed by atoms with Gasteiger partial charge >= 0.3 is 0 Å². The minimum Gasteiger partial charge on any atom is -0.487 e. The van der Waals surface area contributed by atoms with Crippen molar-refractivity contribution < 1.29 is 9.84 Å². The van der Waals surface area contributed by atoms with Crippen LogP contribution < -0.4 is 4.74 Å². The van der Waals surface area contributed by atoms with Gasteiger partial charge in [-0.3, -0.25) is 0 Å². The molecular weight excluding hydrogens is 248 g/mol. The third kappa shape index (κ3) is 2.46. The number of benzene rings is 1. The summed E-state index contributed by atoms with van der Waals surface area (Å²) in [6.45, 7) is 9.30. The summed E-state index contributed by atoms with van der Waals surface area (Å²) in [5.41, 5.74) is 1.25. The van der Waals surface area contributed by atoms with E-state index in [0.29, 0.717) is 0 Å². The minimum absolute atomic E-state index is 0.209. The topological polar surface area (TPSA) is 29.5 Å². The molecule has 2 nitrogen and oxygen atoms in total. The summed E-state index contributed by atoms with van der Waals surface area (Å²) in [6.07, 6.45) is 3.58. The van der Waals surface area contributed by atoms with Crippen molar-refractivity contribution in [2.24, 2.45) is 10.8 Å². The van der Waals surface area contributed by atoms with Crippen molar-refractivity contribution in [1.82, 2.24) is 0 Å². The van der Waals surface area contributed by atoms with Crippen molar-refractivity contribution in [1.29, 1.82) is 0 Å². The van der Waals surface area contributed by atoms with Gasteiger partial charge in [-0.1, -0.05) is 45.9 Å². The Morgan fingerprint density at radius 2 is 1.60 bits per heavy atom. The molecule has 1 saturated carbocycles. The molecule has 1 fully saturated rings.